The lowest BCUT2D eigenvalue weighted by Gasteiger charge is -2.27. The highest BCUT2D eigenvalue weighted by molar-refractivity contribution is 5.95. The van der Waals surface area contributed by atoms with Gasteiger partial charge in [-0.05, 0) is 49.4 Å². The summed E-state index contributed by atoms with van der Waals surface area (Å²) in [5, 5.41) is 9.91. The number of nitrogens with zero attached hydrogens (tertiary/aromatic N) is 2. The van der Waals surface area contributed by atoms with Crippen LogP contribution in [-0.2, 0) is 11.2 Å². The second-order valence-electron chi connectivity index (χ2n) is 7.91. The van der Waals surface area contributed by atoms with Gasteiger partial charge in [0.1, 0.15) is 17.5 Å². The second kappa shape index (κ2) is 9.30. The van der Waals surface area contributed by atoms with Gasteiger partial charge in [0.05, 0.1) is 17.8 Å². The number of halogens is 2. The highest BCUT2D eigenvalue weighted by Gasteiger charge is 2.25. The predicted octanol–water partition coefficient (Wildman–Crippen LogP) is 4.15. The fourth-order valence-electron chi connectivity index (χ4n) is 4.08. The molecule has 6 nitrogen and oxygen atoms in total. The number of aryl methyl sites for hydroxylation is 2. The third-order valence-electron chi connectivity index (χ3n) is 5.68. The van der Waals surface area contributed by atoms with Crippen molar-refractivity contribution in [2.24, 2.45) is 0 Å². The molecule has 0 spiro atoms. The van der Waals surface area contributed by atoms with Crippen LogP contribution < -0.4 is 10.6 Å². The number of hydrogen-bond donors (Lipinski definition) is 2. The van der Waals surface area contributed by atoms with Crippen LogP contribution in [0.25, 0.3) is 0 Å². The van der Waals surface area contributed by atoms with Gasteiger partial charge in [-0.2, -0.15) is 5.10 Å². The maximum atomic E-state index is 13.7. The molecule has 2 amide bonds. The van der Waals surface area contributed by atoms with Crippen LogP contribution in [0.5, 0.6) is 0 Å². The quantitative estimate of drug-likeness (QED) is 0.607. The van der Waals surface area contributed by atoms with Crippen molar-refractivity contribution in [2.75, 3.05) is 11.9 Å². The molecule has 2 aromatic carbocycles. The molecule has 0 radical (unpaired) electrons. The summed E-state index contributed by atoms with van der Waals surface area (Å²) in [6, 6.07) is 11.1. The summed E-state index contributed by atoms with van der Waals surface area (Å²) in [6.07, 6.45) is 4.73. The van der Waals surface area contributed by atoms with Gasteiger partial charge in [0, 0.05) is 24.6 Å². The van der Waals surface area contributed by atoms with Crippen molar-refractivity contribution in [3.8, 4) is 0 Å². The van der Waals surface area contributed by atoms with Crippen LogP contribution in [0.1, 0.15) is 52.4 Å². The van der Waals surface area contributed by atoms with Crippen molar-refractivity contribution in [1.82, 2.24) is 15.1 Å². The monoisotopic (exact) mass is 438 g/mol. The molecule has 32 heavy (non-hydrogen) atoms. The second-order valence-corrected chi connectivity index (χ2v) is 7.91. The van der Waals surface area contributed by atoms with E-state index in [1.54, 1.807) is 6.20 Å². The normalized spacial score (nSPS) is 15.2. The zero-order chi connectivity index (χ0) is 22.7. The van der Waals surface area contributed by atoms with Gasteiger partial charge in [-0.3, -0.25) is 9.59 Å². The molecule has 1 aliphatic carbocycles. The van der Waals surface area contributed by atoms with E-state index in [4.69, 9.17) is 0 Å². The average Bonchev–Trinajstić information content (AvgIpc) is 3.13. The molecule has 1 atom stereocenters. The topological polar surface area (TPSA) is 76.0 Å². The van der Waals surface area contributed by atoms with E-state index in [1.807, 2.05) is 23.7 Å². The summed E-state index contributed by atoms with van der Waals surface area (Å²) in [5.41, 5.74) is 3.09. The largest absolute Gasteiger partial charge is 0.351 e. The van der Waals surface area contributed by atoms with E-state index in [-0.39, 0.29) is 30.5 Å². The Morgan fingerprint density at radius 2 is 2.00 bits per heavy atom. The van der Waals surface area contributed by atoms with Crippen LogP contribution in [0.3, 0.4) is 0 Å². The van der Waals surface area contributed by atoms with E-state index in [0.717, 1.165) is 37.0 Å². The van der Waals surface area contributed by atoms with E-state index in [9.17, 15) is 18.4 Å². The standard InChI is InChI=1S/C24H24F2N4O2/c1-15-14-28-30(21-8-4-6-16-5-2-3-7-18(16)21)23(15)29-22(31)11-12-27-24(32)19-10-9-17(25)13-20(19)26/h2-3,5,7,9-10,13-14,21H,4,6,8,11-12H2,1H3,(H,27,32)(H,29,31). The van der Waals surface area contributed by atoms with Gasteiger partial charge in [0.2, 0.25) is 5.91 Å². The molecule has 8 heteroatoms. The van der Waals surface area contributed by atoms with Gasteiger partial charge in [-0.25, -0.2) is 13.5 Å². The van der Waals surface area contributed by atoms with Gasteiger partial charge >= 0.3 is 0 Å². The summed E-state index contributed by atoms with van der Waals surface area (Å²) in [7, 11) is 0. The van der Waals surface area contributed by atoms with Crippen molar-refractivity contribution >= 4 is 17.6 Å². The predicted molar refractivity (Wildman–Crippen MR) is 116 cm³/mol. The first-order valence-corrected chi connectivity index (χ1v) is 10.6. The van der Waals surface area contributed by atoms with E-state index in [2.05, 4.69) is 27.9 Å². The highest BCUT2D eigenvalue weighted by atomic mass is 19.1. The lowest BCUT2D eigenvalue weighted by molar-refractivity contribution is -0.116. The van der Waals surface area contributed by atoms with Crippen molar-refractivity contribution in [2.45, 2.75) is 38.6 Å². The van der Waals surface area contributed by atoms with Crippen molar-refractivity contribution in [3.05, 3.63) is 82.5 Å². The Morgan fingerprint density at radius 3 is 2.81 bits per heavy atom. The van der Waals surface area contributed by atoms with Crippen LogP contribution in [0, 0.1) is 18.6 Å². The molecule has 3 aromatic rings. The minimum absolute atomic E-state index is 0.000424. The van der Waals surface area contributed by atoms with Crippen LogP contribution in [0.2, 0.25) is 0 Å². The molecule has 1 aliphatic rings. The van der Waals surface area contributed by atoms with Gasteiger partial charge in [0.25, 0.3) is 5.91 Å². The average molecular weight is 438 g/mol. The number of rotatable bonds is 6. The first-order chi connectivity index (χ1) is 15.4. The van der Waals surface area contributed by atoms with Crippen LogP contribution in [0.4, 0.5) is 14.6 Å². The first kappa shape index (κ1) is 21.7. The van der Waals surface area contributed by atoms with E-state index in [1.165, 1.54) is 11.1 Å². The summed E-state index contributed by atoms with van der Waals surface area (Å²) >= 11 is 0. The van der Waals surface area contributed by atoms with Gasteiger partial charge in [0.15, 0.2) is 0 Å². The SMILES string of the molecule is Cc1cnn(C2CCCc3ccccc32)c1NC(=O)CCNC(=O)c1ccc(F)cc1F. The lowest BCUT2D eigenvalue weighted by Crippen LogP contribution is -2.29. The maximum Gasteiger partial charge on any atom is 0.254 e. The summed E-state index contributed by atoms with van der Waals surface area (Å²) in [6.45, 7) is 1.90. The van der Waals surface area contributed by atoms with Crippen LogP contribution in [0.15, 0.2) is 48.7 Å². The number of fused-ring (bicyclic) bond motifs is 1. The minimum Gasteiger partial charge on any atom is -0.351 e. The van der Waals surface area contributed by atoms with Crippen molar-refractivity contribution < 1.29 is 18.4 Å². The Bertz CT molecular complexity index is 1160. The summed E-state index contributed by atoms with van der Waals surface area (Å²) < 4.78 is 28.6. The van der Waals surface area contributed by atoms with E-state index < -0.39 is 17.5 Å². The number of carbonyl (C=O) groups is 2. The fraction of sp³-hybridized carbons (Fsp3) is 0.292. The number of aromatic nitrogens is 2. The number of benzene rings is 2. The molecule has 0 fully saturated rings. The molecular weight excluding hydrogens is 414 g/mol. The number of anilines is 1. The van der Waals surface area contributed by atoms with Gasteiger partial charge < -0.3 is 10.6 Å². The lowest BCUT2D eigenvalue weighted by atomic mass is 9.88. The molecule has 0 saturated carbocycles. The highest BCUT2D eigenvalue weighted by Crippen LogP contribution is 2.35. The van der Waals surface area contributed by atoms with Crippen molar-refractivity contribution in [1.29, 1.82) is 0 Å². The Labute approximate surface area is 184 Å². The smallest absolute Gasteiger partial charge is 0.254 e. The van der Waals surface area contributed by atoms with E-state index in [0.29, 0.717) is 11.9 Å². The van der Waals surface area contributed by atoms with Gasteiger partial charge in [-0.15, -0.1) is 0 Å². The molecule has 0 saturated heterocycles. The molecule has 4 rings (SSSR count). The Hall–Kier alpha value is -3.55. The zero-order valence-corrected chi connectivity index (χ0v) is 17.7. The zero-order valence-electron chi connectivity index (χ0n) is 17.7. The Kier molecular flexibility index (Phi) is 6.30. The van der Waals surface area contributed by atoms with Gasteiger partial charge in [-0.1, -0.05) is 24.3 Å². The molecule has 1 aromatic heterocycles. The summed E-state index contributed by atoms with van der Waals surface area (Å²) in [5.74, 6) is -2.06. The first-order valence-electron chi connectivity index (χ1n) is 10.6. The molecule has 1 heterocycles. The van der Waals surface area contributed by atoms with E-state index >= 15 is 0 Å². The molecule has 166 valence electrons. The van der Waals surface area contributed by atoms with Crippen molar-refractivity contribution in [3.63, 3.8) is 0 Å². The third kappa shape index (κ3) is 4.54. The third-order valence-corrected chi connectivity index (χ3v) is 5.68. The number of hydrogen-bond acceptors (Lipinski definition) is 3. The molecule has 0 bridgehead atoms. The van der Waals surface area contributed by atoms with Crippen LogP contribution in [-0.4, -0.2) is 28.1 Å². The minimum atomic E-state index is -0.945. The molecule has 2 N–H and O–H groups in total. The Morgan fingerprint density at radius 1 is 1.19 bits per heavy atom. The molecular formula is C24H24F2N4O2. The molecule has 1 unspecified atom stereocenters. The van der Waals surface area contributed by atoms with Crippen LogP contribution >= 0.6 is 0 Å². The number of amides is 2. The fourth-order valence-corrected chi connectivity index (χ4v) is 4.08. The summed E-state index contributed by atoms with van der Waals surface area (Å²) in [4.78, 5) is 24.6. The molecule has 0 aliphatic heterocycles. The maximum absolute atomic E-state index is 13.7. The Balaban J connectivity index is 1.40. The number of carbonyl (C=O) groups excluding carboxylic acids is 2. The number of nitrogens with one attached hydrogen (secondary N) is 2.